The maximum absolute atomic E-state index is 6.33. The van der Waals surface area contributed by atoms with Gasteiger partial charge >= 0.3 is 0 Å². The third-order valence-electron chi connectivity index (χ3n) is 5.15. The van der Waals surface area contributed by atoms with E-state index in [2.05, 4.69) is 46.0 Å². The Hall–Kier alpha value is -0.723. The van der Waals surface area contributed by atoms with Crippen molar-refractivity contribution >= 4 is 8.32 Å². The van der Waals surface area contributed by atoms with Gasteiger partial charge in [-0.3, -0.25) is 0 Å². The standard InChI is InChI=1S/C19H32O4Si/c1-19(2,3)24(5,6)22-14-17-16(12-18(20-4)23-17)21-13-15-10-8-7-9-11-15/h7-11,16-18H,12-14H2,1-6H3/t16-,17+,18-/m0/s1. The van der Waals surface area contributed by atoms with Crippen LogP contribution in [0.1, 0.15) is 32.8 Å². The van der Waals surface area contributed by atoms with E-state index in [4.69, 9.17) is 18.6 Å². The Morgan fingerprint density at radius 1 is 1.17 bits per heavy atom. The van der Waals surface area contributed by atoms with Gasteiger partial charge in [0.1, 0.15) is 6.10 Å². The first-order valence-electron chi connectivity index (χ1n) is 8.70. The molecular weight excluding hydrogens is 320 g/mol. The highest BCUT2D eigenvalue weighted by Gasteiger charge is 2.41. The SMILES string of the molecule is CO[C@@H]1C[C@H](OCc2ccccc2)[C@@H](CO[Si](C)(C)C(C)(C)C)O1. The Kier molecular flexibility index (Phi) is 6.62. The van der Waals surface area contributed by atoms with Gasteiger partial charge in [-0.25, -0.2) is 0 Å². The molecule has 0 bridgehead atoms. The average Bonchev–Trinajstić information content (AvgIpc) is 2.93. The third kappa shape index (κ3) is 5.13. The molecule has 24 heavy (non-hydrogen) atoms. The van der Waals surface area contributed by atoms with Crippen molar-refractivity contribution in [3.05, 3.63) is 35.9 Å². The molecule has 1 aromatic carbocycles. The maximum Gasteiger partial charge on any atom is 0.192 e. The molecule has 1 aliphatic rings. The molecule has 1 aromatic rings. The van der Waals surface area contributed by atoms with Gasteiger partial charge in [0.05, 0.1) is 19.3 Å². The Morgan fingerprint density at radius 3 is 2.42 bits per heavy atom. The van der Waals surface area contributed by atoms with E-state index in [-0.39, 0.29) is 23.5 Å². The maximum atomic E-state index is 6.33. The molecule has 0 unspecified atom stereocenters. The molecule has 136 valence electrons. The van der Waals surface area contributed by atoms with Crippen LogP contribution in [0.2, 0.25) is 18.1 Å². The van der Waals surface area contributed by atoms with Crippen LogP contribution in [0, 0.1) is 0 Å². The van der Waals surface area contributed by atoms with E-state index in [1.165, 1.54) is 5.56 Å². The van der Waals surface area contributed by atoms with E-state index in [1.54, 1.807) is 7.11 Å². The second-order valence-electron chi connectivity index (χ2n) is 7.98. The summed E-state index contributed by atoms with van der Waals surface area (Å²) in [7, 11) is -0.121. The zero-order chi connectivity index (χ0) is 17.8. The van der Waals surface area contributed by atoms with E-state index in [0.29, 0.717) is 13.2 Å². The first kappa shape index (κ1) is 19.6. The van der Waals surface area contributed by atoms with Gasteiger partial charge in [0, 0.05) is 13.5 Å². The summed E-state index contributed by atoms with van der Waals surface area (Å²) < 4.78 is 23.8. The van der Waals surface area contributed by atoms with Crippen molar-refractivity contribution in [2.24, 2.45) is 0 Å². The molecule has 5 heteroatoms. The van der Waals surface area contributed by atoms with Gasteiger partial charge in [-0.15, -0.1) is 0 Å². The lowest BCUT2D eigenvalue weighted by molar-refractivity contribution is -0.128. The largest absolute Gasteiger partial charge is 0.414 e. The summed E-state index contributed by atoms with van der Waals surface area (Å²) in [6.07, 6.45) is 0.459. The minimum Gasteiger partial charge on any atom is -0.414 e. The van der Waals surface area contributed by atoms with Gasteiger partial charge in [-0.2, -0.15) is 0 Å². The molecule has 1 saturated heterocycles. The summed E-state index contributed by atoms with van der Waals surface area (Å²) in [4.78, 5) is 0. The predicted molar refractivity (Wildman–Crippen MR) is 98.5 cm³/mol. The summed E-state index contributed by atoms with van der Waals surface area (Å²) >= 11 is 0. The molecule has 2 rings (SSSR count). The summed E-state index contributed by atoms with van der Waals surface area (Å²) in [6.45, 7) is 12.4. The smallest absolute Gasteiger partial charge is 0.192 e. The van der Waals surface area contributed by atoms with Gasteiger partial charge in [-0.05, 0) is 23.7 Å². The number of methoxy groups -OCH3 is 1. The van der Waals surface area contributed by atoms with Crippen LogP contribution in [0.3, 0.4) is 0 Å². The van der Waals surface area contributed by atoms with E-state index in [1.807, 2.05) is 18.2 Å². The Morgan fingerprint density at radius 2 is 1.83 bits per heavy atom. The van der Waals surface area contributed by atoms with Gasteiger partial charge in [0.2, 0.25) is 0 Å². The number of hydrogen-bond donors (Lipinski definition) is 0. The summed E-state index contributed by atoms with van der Waals surface area (Å²) in [6, 6.07) is 10.2. The summed E-state index contributed by atoms with van der Waals surface area (Å²) in [5.41, 5.74) is 1.17. The monoisotopic (exact) mass is 352 g/mol. The highest BCUT2D eigenvalue weighted by atomic mass is 28.4. The van der Waals surface area contributed by atoms with E-state index in [0.717, 1.165) is 6.42 Å². The summed E-state index contributed by atoms with van der Waals surface area (Å²) in [5, 5.41) is 0.187. The second-order valence-corrected chi connectivity index (χ2v) is 12.8. The molecule has 0 N–H and O–H groups in total. The molecule has 3 atom stereocenters. The molecule has 0 aromatic heterocycles. The van der Waals surface area contributed by atoms with E-state index < -0.39 is 8.32 Å². The third-order valence-corrected chi connectivity index (χ3v) is 9.65. The van der Waals surface area contributed by atoms with Gasteiger partial charge < -0.3 is 18.6 Å². The molecule has 1 heterocycles. The highest BCUT2D eigenvalue weighted by molar-refractivity contribution is 6.74. The average molecular weight is 353 g/mol. The second kappa shape index (κ2) is 8.10. The van der Waals surface area contributed by atoms with Crippen LogP contribution >= 0.6 is 0 Å². The lowest BCUT2D eigenvalue weighted by Crippen LogP contribution is -2.44. The normalized spacial score (nSPS) is 25.2. The molecular formula is C19H32O4Si. The zero-order valence-electron chi connectivity index (χ0n) is 15.9. The molecule has 0 amide bonds. The molecule has 1 aliphatic heterocycles. The van der Waals surface area contributed by atoms with Crippen molar-refractivity contribution < 1.29 is 18.6 Å². The Labute approximate surface area is 147 Å². The zero-order valence-corrected chi connectivity index (χ0v) is 16.9. The van der Waals surface area contributed by atoms with Crippen LogP contribution in [-0.2, 0) is 25.2 Å². The van der Waals surface area contributed by atoms with Crippen molar-refractivity contribution in [1.29, 1.82) is 0 Å². The number of benzene rings is 1. The van der Waals surface area contributed by atoms with Crippen molar-refractivity contribution in [3.8, 4) is 0 Å². The van der Waals surface area contributed by atoms with Crippen LogP contribution in [0.25, 0.3) is 0 Å². The molecule has 4 nitrogen and oxygen atoms in total. The van der Waals surface area contributed by atoms with Crippen molar-refractivity contribution in [3.63, 3.8) is 0 Å². The molecule has 1 fully saturated rings. The van der Waals surface area contributed by atoms with Crippen LogP contribution in [0.15, 0.2) is 30.3 Å². The lowest BCUT2D eigenvalue weighted by Gasteiger charge is -2.37. The van der Waals surface area contributed by atoms with Crippen molar-refractivity contribution in [2.45, 2.75) is 70.4 Å². The van der Waals surface area contributed by atoms with Gasteiger partial charge in [0.15, 0.2) is 14.6 Å². The van der Waals surface area contributed by atoms with E-state index >= 15 is 0 Å². The van der Waals surface area contributed by atoms with Crippen LogP contribution in [-0.4, -0.2) is 40.5 Å². The van der Waals surface area contributed by atoms with Gasteiger partial charge in [-0.1, -0.05) is 51.1 Å². The minimum absolute atomic E-state index is 0.0000699. The number of rotatable bonds is 7. The van der Waals surface area contributed by atoms with Crippen LogP contribution in [0.5, 0.6) is 0 Å². The quantitative estimate of drug-likeness (QED) is 0.684. The lowest BCUT2D eigenvalue weighted by atomic mass is 10.2. The molecule has 0 aliphatic carbocycles. The fourth-order valence-electron chi connectivity index (χ4n) is 2.44. The predicted octanol–water partition coefficient (Wildman–Crippen LogP) is 4.36. The molecule has 0 radical (unpaired) electrons. The molecule has 0 saturated carbocycles. The fraction of sp³-hybridized carbons (Fsp3) is 0.684. The first-order valence-corrected chi connectivity index (χ1v) is 11.6. The van der Waals surface area contributed by atoms with Crippen molar-refractivity contribution in [2.75, 3.05) is 13.7 Å². The minimum atomic E-state index is -1.80. The topological polar surface area (TPSA) is 36.9 Å². The Bertz CT molecular complexity index is 498. The molecule has 0 spiro atoms. The number of ether oxygens (including phenoxy) is 3. The highest BCUT2D eigenvalue weighted by Crippen LogP contribution is 2.37. The van der Waals surface area contributed by atoms with E-state index in [9.17, 15) is 0 Å². The first-order chi connectivity index (χ1) is 11.2. The Balaban J connectivity index is 1.93. The van der Waals surface area contributed by atoms with Crippen LogP contribution < -0.4 is 0 Å². The fourth-order valence-corrected chi connectivity index (χ4v) is 3.45. The summed E-state index contributed by atoms with van der Waals surface area (Å²) in [5.74, 6) is 0. The van der Waals surface area contributed by atoms with Crippen molar-refractivity contribution in [1.82, 2.24) is 0 Å². The van der Waals surface area contributed by atoms with Crippen LogP contribution in [0.4, 0.5) is 0 Å². The number of hydrogen-bond acceptors (Lipinski definition) is 4. The van der Waals surface area contributed by atoms with Gasteiger partial charge in [0.25, 0.3) is 0 Å².